The molecule has 1 N–H and O–H groups in total. The molecule has 2 saturated heterocycles. The number of morpholine rings is 1. The number of carbonyl (C=O) groups excluding carboxylic acids is 1. The van der Waals surface area contributed by atoms with Gasteiger partial charge in [-0.1, -0.05) is 72.8 Å². The molecule has 0 aromatic heterocycles. The fourth-order valence-electron chi connectivity index (χ4n) is 5.50. The van der Waals surface area contributed by atoms with Crippen molar-refractivity contribution in [3.63, 3.8) is 0 Å². The number of allylic oxidation sites excluding steroid dienone is 3. The number of rotatable bonds is 5. The van der Waals surface area contributed by atoms with Crippen molar-refractivity contribution in [1.29, 1.82) is 0 Å². The molecular formula is C28H32N2O4S. The van der Waals surface area contributed by atoms with E-state index in [1.807, 2.05) is 47.4 Å². The lowest BCUT2D eigenvalue weighted by Gasteiger charge is -2.38. The van der Waals surface area contributed by atoms with Crippen LogP contribution < -0.4 is 5.32 Å². The molecule has 3 aliphatic rings. The highest BCUT2D eigenvalue weighted by Crippen LogP contribution is 2.37. The van der Waals surface area contributed by atoms with E-state index in [1.54, 1.807) is 6.08 Å². The SMILES string of the molecule is CS(=O)(=O)C1C=CC(c2ccccc2[C@@H]2CNC[C@H]2C(=O)N2CCOC[C@@H]2c2ccccc2)=CC1. The Hall–Kier alpha value is -2.74. The van der Waals surface area contributed by atoms with Crippen molar-refractivity contribution < 1.29 is 17.9 Å². The number of hydrogen-bond acceptors (Lipinski definition) is 5. The molecule has 4 atom stereocenters. The van der Waals surface area contributed by atoms with Crippen molar-refractivity contribution in [1.82, 2.24) is 10.2 Å². The van der Waals surface area contributed by atoms with Crippen LogP contribution in [0.4, 0.5) is 0 Å². The Morgan fingerprint density at radius 3 is 2.57 bits per heavy atom. The molecule has 1 aliphatic carbocycles. The van der Waals surface area contributed by atoms with E-state index in [0.29, 0.717) is 32.7 Å². The van der Waals surface area contributed by atoms with Gasteiger partial charge in [-0.05, 0) is 28.7 Å². The predicted molar refractivity (Wildman–Crippen MR) is 138 cm³/mol. The molecule has 0 radical (unpaired) electrons. The van der Waals surface area contributed by atoms with Crippen LogP contribution in [0.25, 0.3) is 5.57 Å². The topological polar surface area (TPSA) is 75.7 Å². The summed E-state index contributed by atoms with van der Waals surface area (Å²) in [5.41, 5.74) is 4.33. The summed E-state index contributed by atoms with van der Waals surface area (Å²) in [6.45, 7) is 3.02. The fourth-order valence-corrected chi connectivity index (χ4v) is 6.31. The van der Waals surface area contributed by atoms with Crippen LogP contribution in [0, 0.1) is 5.92 Å². The lowest BCUT2D eigenvalue weighted by Crippen LogP contribution is -2.47. The normalized spacial score (nSPS) is 27.0. The number of nitrogens with zero attached hydrogens (tertiary/aromatic N) is 1. The van der Waals surface area contributed by atoms with Gasteiger partial charge in [0.25, 0.3) is 0 Å². The van der Waals surface area contributed by atoms with E-state index >= 15 is 0 Å². The summed E-state index contributed by atoms with van der Waals surface area (Å²) in [4.78, 5) is 15.9. The van der Waals surface area contributed by atoms with Crippen LogP contribution in [0.5, 0.6) is 0 Å². The predicted octanol–water partition coefficient (Wildman–Crippen LogP) is 3.35. The minimum atomic E-state index is -3.12. The smallest absolute Gasteiger partial charge is 0.228 e. The molecule has 2 aromatic carbocycles. The molecule has 6 nitrogen and oxygen atoms in total. The minimum Gasteiger partial charge on any atom is -0.377 e. The van der Waals surface area contributed by atoms with Crippen LogP contribution in [0.15, 0.2) is 72.8 Å². The maximum absolute atomic E-state index is 13.9. The van der Waals surface area contributed by atoms with Crippen LogP contribution in [0.1, 0.15) is 35.1 Å². The molecule has 5 rings (SSSR count). The highest BCUT2D eigenvalue weighted by molar-refractivity contribution is 7.91. The van der Waals surface area contributed by atoms with E-state index in [2.05, 4.69) is 29.6 Å². The quantitative estimate of drug-likeness (QED) is 0.693. The van der Waals surface area contributed by atoms with E-state index in [9.17, 15) is 13.2 Å². The van der Waals surface area contributed by atoms with Gasteiger partial charge in [-0.25, -0.2) is 8.42 Å². The third kappa shape index (κ3) is 4.99. The third-order valence-electron chi connectivity index (χ3n) is 7.41. The number of nitrogens with one attached hydrogen (secondary N) is 1. The Labute approximate surface area is 207 Å². The van der Waals surface area contributed by atoms with Gasteiger partial charge < -0.3 is 15.0 Å². The van der Waals surface area contributed by atoms with E-state index in [1.165, 1.54) is 6.26 Å². The van der Waals surface area contributed by atoms with Crippen molar-refractivity contribution >= 4 is 21.3 Å². The number of benzene rings is 2. The first-order valence-electron chi connectivity index (χ1n) is 12.2. The highest BCUT2D eigenvalue weighted by Gasteiger charge is 2.40. The molecule has 7 heteroatoms. The first-order chi connectivity index (χ1) is 16.9. The maximum Gasteiger partial charge on any atom is 0.228 e. The minimum absolute atomic E-state index is 0.0416. The number of amides is 1. The summed E-state index contributed by atoms with van der Waals surface area (Å²) in [5, 5.41) is 2.98. The zero-order valence-electron chi connectivity index (χ0n) is 20.0. The van der Waals surface area contributed by atoms with Gasteiger partial charge in [0.05, 0.1) is 30.4 Å². The number of sulfone groups is 1. The molecule has 2 aliphatic heterocycles. The van der Waals surface area contributed by atoms with Crippen molar-refractivity contribution in [2.24, 2.45) is 5.92 Å². The molecule has 1 unspecified atom stereocenters. The average molecular weight is 493 g/mol. The molecule has 2 heterocycles. The molecule has 0 bridgehead atoms. The first kappa shape index (κ1) is 24.0. The fraction of sp³-hybridized carbons (Fsp3) is 0.393. The second-order valence-electron chi connectivity index (χ2n) is 9.61. The van der Waals surface area contributed by atoms with Crippen LogP contribution in [0.3, 0.4) is 0 Å². The highest BCUT2D eigenvalue weighted by atomic mass is 32.2. The van der Waals surface area contributed by atoms with Gasteiger partial charge in [0.1, 0.15) is 0 Å². The van der Waals surface area contributed by atoms with Gasteiger partial charge in [0.2, 0.25) is 5.91 Å². The van der Waals surface area contributed by atoms with Crippen molar-refractivity contribution in [2.75, 3.05) is 39.1 Å². The molecule has 184 valence electrons. The lowest BCUT2D eigenvalue weighted by atomic mass is 9.82. The van der Waals surface area contributed by atoms with Gasteiger partial charge in [-0.2, -0.15) is 0 Å². The molecule has 2 fully saturated rings. The molecule has 2 aromatic rings. The van der Waals surface area contributed by atoms with Crippen molar-refractivity contribution in [3.8, 4) is 0 Å². The second-order valence-corrected chi connectivity index (χ2v) is 11.9. The number of carbonyl (C=O) groups is 1. The van der Waals surface area contributed by atoms with Gasteiger partial charge in [-0.3, -0.25) is 4.79 Å². The van der Waals surface area contributed by atoms with E-state index < -0.39 is 15.1 Å². The zero-order valence-corrected chi connectivity index (χ0v) is 20.8. The Kier molecular flexibility index (Phi) is 6.91. The van der Waals surface area contributed by atoms with E-state index in [-0.39, 0.29) is 23.8 Å². The summed E-state index contributed by atoms with van der Waals surface area (Å²) in [5.74, 6) is 0.0366. The standard InChI is InChI=1S/C28H32N2O4S/c1-35(32,33)22-13-11-20(12-14-22)23-9-5-6-10-24(23)25-17-29-18-26(25)28(31)30-15-16-34-19-27(30)21-7-3-2-4-8-21/h2-13,22,25-27,29H,14-19H2,1H3/t22?,25-,26+,27+/m0/s1. The van der Waals surface area contributed by atoms with Crippen LogP contribution in [-0.4, -0.2) is 63.6 Å². The Bertz CT molecular complexity index is 1240. The van der Waals surface area contributed by atoms with Gasteiger partial charge in [-0.15, -0.1) is 0 Å². The molecule has 1 amide bonds. The summed E-state index contributed by atoms with van der Waals surface area (Å²) in [7, 11) is -3.12. The molecular weight excluding hydrogens is 460 g/mol. The number of ether oxygens (including phenoxy) is 1. The van der Waals surface area contributed by atoms with Gasteiger partial charge >= 0.3 is 0 Å². The number of hydrogen-bond donors (Lipinski definition) is 1. The second kappa shape index (κ2) is 10.1. The van der Waals surface area contributed by atoms with Gasteiger partial charge in [0, 0.05) is 31.8 Å². The van der Waals surface area contributed by atoms with Gasteiger partial charge in [0.15, 0.2) is 9.84 Å². The Morgan fingerprint density at radius 1 is 1.06 bits per heavy atom. The molecule has 0 saturated carbocycles. The van der Waals surface area contributed by atoms with Crippen LogP contribution >= 0.6 is 0 Å². The summed E-state index contributed by atoms with van der Waals surface area (Å²) in [6, 6.07) is 18.2. The summed E-state index contributed by atoms with van der Waals surface area (Å²) in [6.07, 6.45) is 7.47. The maximum atomic E-state index is 13.9. The van der Waals surface area contributed by atoms with E-state index in [4.69, 9.17) is 4.74 Å². The zero-order chi connectivity index (χ0) is 24.4. The summed E-state index contributed by atoms with van der Waals surface area (Å²) < 4.78 is 29.7. The van der Waals surface area contributed by atoms with Crippen molar-refractivity contribution in [2.45, 2.75) is 23.6 Å². The van der Waals surface area contributed by atoms with Crippen LogP contribution in [0.2, 0.25) is 0 Å². The van der Waals surface area contributed by atoms with E-state index in [0.717, 1.165) is 28.8 Å². The summed E-state index contributed by atoms with van der Waals surface area (Å²) >= 11 is 0. The van der Waals surface area contributed by atoms with Crippen molar-refractivity contribution in [3.05, 3.63) is 89.5 Å². The first-order valence-corrected chi connectivity index (χ1v) is 14.2. The third-order valence-corrected chi connectivity index (χ3v) is 8.86. The average Bonchev–Trinajstić information content (AvgIpc) is 3.38. The Balaban J connectivity index is 1.41. The monoisotopic (exact) mass is 492 g/mol. The largest absolute Gasteiger partial charge is 0.377 e. The van der Waals surface area contributed by atoms with Crippen LogP contribution in [-0.2, 0) is 19.4 Å². The molecule has 35 heavy (non-hydrogen) atoms. The molecule has 0 spiro atoms. The lowest BCUT2D eigenvalue weighted by molar-refractivity contribution is -0.144. The Morgan fingerprint density at radius 2 is 1.83 bits per heavy atom.